The van der Waals surface area contributed by atoms with Crippen molar-refractivity contribution in [2.45, 2.75) is 26.9 Å². The standard InChI is InChI=1S/C24H22N4O4/c1-3-28-20-10-9-17(13-19(20)26-15(2)24(28)31)22(29)25-14-16-6-4-7-18(12-16)27-23(30)21-8-5-11-32-21/h4-13H,3,14H2,1-2H3,(H,25,29)(H,27,30). The van der Waals surface area contributed by atoms with Gasteiger partial charge in [-0.1, -0.05) is 12.1 Å². The van der Waals surface area contributed by atoms with Crippen LogP contribution in [0.4, 0.5) is 5.69 Å². The van der Waals surface area contributed by atoms with Crippen LogP contribution in [-0.2, 0) is 13.1 Å². The van der Waals surface area contributed by atoms with Gasteiger partial charge in [-0.3, -0.25) is 14.4 Å². The summed E-state index contributed by atoms with van der Waals surface area (Å²) in [6.07, 6.45) is 1.44. The number of rotatable bonds is 6. The molecule has 0 aliphatic heterocycles. The van der Waals surface area contributed by atoms with Crippen molar-refractivity contribution in [3.8, 4) is 0 Å². The van der Waals surface area contributed by atoms with Gasteiger partial charge in [0.05, 0.1) is 17.3 Å². The normalized spacial score (nSPS) is 10.8. The highest BCUT2D eigenvalue weighted by Crippen LogP contribution is 2.15. The fourth-order valence-electron chi connectivity index (χ4n) is 3.47. The van der Waals surface area contributed by atoms with E-state index in [-0.39, 0.29) is 29.7 Å². The second-order valence-corrected chi connectivity index (χ2v) is 7.26. The van der Waals surface area contributed by atoms with Gasteiger partial charge >= 0.3 is 0 Å². The average molecular weight is 430 g/mol. The molecule has 0 saturated heterocycles. The number of fused-ring (bicyclic) bond motifs is 1. The van der Waals surface area contributed by atoms with Gasteiger partial charge in [0, 0.05) is 24.3 Å². The molecule has 0 unspecified atom stereocenters. The Morgan fingerprint density at radius 2 is 1.91 bits per heavy atom. The lowest BCUT2D eigenvalue weighted by molar-refractivity contribution is 0.0949. The Kier molecular flexibility index (Phi) is 5.85. The number of hydrogen-bond acceptors (Lipinski definition) is 5. The molecule has 0 radical (unpaired) electrons. The number of hydrogen-bond donors (Lipinski definition) is 2. The SMILES string of the molecule is CCn1c(=O)c(C)nc2cc(C(=O)NCc3cccc(NC(=O)c4ccco4)c3)ccc21. The first-order chi connectivity index (χ1) is 15.5. The summed E-state index contributed by atoms with van der Waals surface area (Å²) in [5.74, 6) is -0.385. The number of aromatic nitrogens is 2. The van der Waals surface area contributed by atoms with E-state index in [9.17, 15) is 14.4 Å². The summed E-state index contributed by atoms with van der Waals surface area (Å²) >= 11 is 0. The van der Waals surface area contributed by atoms with Crippen molar-refractivity contribution in [3.05, 3.63) is 93.8 Å². The van der Waals surface area contributed by atoms with Crippen LogP contribution < -0.4 is 16.2 Å². The Hall–Kier alpha value is -4.20. The third-order valence-electron chi connectivity index (χ3n) is 5.07. The van der Waals surface area contributed by atoms with Crippen LogP contribution in [0, 0.1) is 6.92 Å². The summed E-state index contributed by atoms with van der Waals surface area (Å²) in [5.41, 5.74) is 3.43. The predicted molar refractivity (Wildman–Crippen MR) is 121 cm³/mol. The second kappa shape index (κ2) is 8.89. The molecule has 0 bridgehead atoms. The van der Waals surface area contributed by atoms with Crippen molar-refractivity contribution >= 4 is 28.5 Å². The molecule has 0 aliphatic carbocycles. The lowest BCUT2D eigenvalue weighted by Gasteiger charge is -2.11. The van der Waals surface area contributed by atoms with E-state index in [1.165, 1.54) is 6.26 Å². The van der Waals surface area contributed by atoms with Crippen molar-refractivity contribution < 1.29 is 14.0 Å². The monoisotopic (exact) mass is 430 g/mol. The molecular weight excluding hydrogens is 408 g/mol. The van der Waals surface area contributed by atoms with E-state index in [0.717, 1.165) is 5.56 Å². The molecule has 8 heteroatoms. The number of furan rings is 1. The number of amides is 2. The third kappa shape index (κ3) is 4.29. The predicted octanol–water partition coefficient (Wildman–Crippen LogP) is 3.50. The first-order valence-electron chi connectivity index (χ1n) is 10.2. The third-order valence-corrected chi connectivity index (χ3v) is 5.07. The highest BCUT2D eigenvalue weighted by atomic mass is 16.3. The van der Waals surface area contributed by atoms with Crippen LogP contribution in [0.3, 0.4) is 0 Å². The quantitative estimate of drug-likeness (QED) is 0.487. The topological polar surface area (TPSA) is 106 Å². The number of benzene rings is 2. The van der Waals surface area contributed by atoms with Crippen LogP contribution in [0.1, 0.15) is 39.1 Å². The minimum absolute atomic E-state index is 0.128. The molecule has 162 valence electrons. The Bertz CT molecular complexity index is 1360. The molecule has 2 heterocycles. The summed E-state index contributed by atoms with van der Waals surface area (Å²) < 4.78 is 6.73. The molecule has 0 fully saturated rings. The molecule has 0 spiro atoms. The van der Waals surface area contributed by atoms with Gasteiger partial charge in [-0.05, 0) is 61.9 Å². The van der Waals surface area contributed by atoms with Gasteiger partial charge in [0.15, 0.2) is 5.76 Å². The summed E-state index contributed by atoms with van der Waals surface area (Å²) in [4.78, 5) is 41.4. The summed E-state index contributed by atoms with van der Waals surface area (Å²) in [6.45, 7) is 4.36. The molecule has 0 aliphatic rings. The lowest BCUT2D eigenvalue weighted by Crippen LogP contribution is -2.25. The largest absolute Gasteiger partial charge is 0.459 e. The fourth-order valence-corrected chi connectivity index (χ4v) is 3.47. The minimum Gasteiger partial charge on any atom is -0.459 e. The van der Waals surface area contributed by atoms with Crippen LogP contribution in [0.25, 0.3) is 11.0 Å². The number of carbonyl (C=O) groups is 2. The van der Waals surface area contributed by atoms with Crippen LogP contribution in [-0.4, -0.2) is 21.4 Å². The molecule has 4 rings (SSSR count). The number of aryl methyl sites for hydroxylation is 2. The molecule has 0 atom stereocenters. The molecule has 2 aromatic carbocycles. The van der Waals surface area contributed by atoms with Crippen molar-refractivity contribution in [2.75, 3.05) is 5.32 Å². The van der Waals surface area contributed by atoms with Gasteiger partial charge in [-0.15, -0.1) is 0 Å². The molecule has 0 saturated carbocycles. The lowest BCUT2D eigenvalue weighted by atomic mass is 10.1. The van der Waals surface area contributed by atoms with E-state index in [0.29, 0.717) is 34.5 Å². The number of nitrogens with one attached hydrogen (secondary N) is 2. The van der Waals surface area contributed by atoms with E-state index >= 15 is 0 Å². The Morgan fingerprint density at radius 1 is 1.06 bits per heavy atom. The van der Waals surface area contributed by atoms with Crippen LogP contribution in [0.5, 0.6) is 0 Å². The van der Waals surface area contributed by atoms with Crippen molar-refractivity contribution in [2.24, 2.45) is 0 Å². The molecular formula is C24H22N4O4. The highest BCUT2D eigenvalue weighted by Gasteiger charge is 2.12. The summed E-state index contributed by atoms with van der Waals surface area (Å²) in [7, 11) is 0. The van der Waals surface area contributed by atoms with Crippen molar-refractivity contribution in [3.63, 3.8) is 0 Å². The van der Waals surface area contributed by atoms with Crippen LogP contribution in [0.15, 0.2) is 70.1 Å². The highest BCUT2D eigenvalue weighted by molar-refractivity contribution is 6.02. The van der Waals surface area contributed by atoms with Gasteiger partial charge in [-0.25, -0.2) is 4.98 Å². The average Bonchev–Trinajstić information content (AvgIpc) is 3.33. The minimum atomic E-state index is -0.347. The van der Waals surface area contributed by atoms with E-state index in [1.807, 2.05) is 13.0 Å². The molecule has 8 nitrogen and oxygen atoms in total. The molecule has 4 aromatic rings. The van der Waals surface area contributed by atoms with Gasteiger partial charge in [0.2, 0.25) is 0 Å². The maximum absolute atomic E-state index is 12.7. The number of anilines is 1. The van der Waals surface area contributed by atoms with Crippen LogP contribution in [0.2, 0.25) is 0 Å². The zero-order chi connectivity index (χ0) is 22.7. The Labute approximate surface area is 183 Å². The van der Waals surface area contributed by atoms with E-state index in [4.69, 9.17) is 4.42 Å². The van der Waals surface area contributed by atoms with Crippen molar-refractivity contribution in [1.29, 1.82) is 0 Å². The molecule has 2 aromatic heterocycles. The summed E-state index contributed by atoms with van der Waals surface area (Å²) in [5, 5.41) is 5.64. The van der Waals surface area contributed by atoms with Gasteiger partial charge in [0.1, 0.15) is 5.69 Å². The van der Waals surface area contributed by atoms with Gasteiger partial charge in [0.25, 0.3) is 17.4 Å². The smallest absolute Gasteiger partial charge is 0.291 e. The summed E-state index contributed by atoms with van der Waals surface area (Å²) in [6, 6.07) is 15.5. The van der Waals surface area contributed by atoms with Crippen LogP contribution >= 0.6 is 0 Å². The molecule has 2 amide bonds. The Balaban J connectivity index is 1.47. The first kappa shape index (κ1) is 21.0. The van der Waals surface area contributed by atoms with E-state index in [2.05, 4.69) is 15.6 Å². The molecule has 32 heavy (non-hydrogen) atoms. The maximum Gasteiger partial charge on any atom is 0.291 e. The van der Waals surface area contributed by atoms with Gasteiger partial charge in [-0.2, -0.15) is 0 Å². The Morgan fingerprint density at radius 3 is 2.66 bits per heavy atom. The van der Waals surface area contributed by atoms with Gasteiger partial charge < -0.3 is 19.6 Å². The maximum atomic E-state index is 12.7. The zero-order valence-electron chi connectivity index (χ0n) is 17.7. The zero-order valence-corrected chi connectivity index (χ0v) is 17.7. The van der Waals surface area contributed by atoms with E-state index < -0.39 is 0 Å². The van der Waals surface area contributed by atoms with E-state index in [1.54, 1.807) is 60.0 Å². The second-order valence-electron chi connectivity index (χ2n) is 7.26. The first-order valence-corrected chi connectivity index (χ1v) is 10.2. The number of nitrogens with zero attached hydrogens (tertiary/aromatic N) is 2. The fraction of sp³-hybridized carbons (Fsp3) is 0.167. The van der Waals surface area contributed by atoms with Crippen molar-refractivity contribution in [1.82, 2.24) is 14.9 Å². The molecule has 2 N–H and O–H groups in total. The number of carbonyl (C=O) groups excluding carboxylic acids is 2.